The number of hydrogen-bond donors (Lipinski definition) is 1. The number of hydrogen-bond acceptors (Lipinski definition) is 2. The predicted octanol–water partition coefficient (Wildman–Crippen LogP) is 4.54. The van der Waals surface area contributed by atoms with Crippen LogP contribution < -0.4 is 0 Å². The Balaban J connectivity index is 1.95. The van der Waals surface area contributed by atoms with Crippen LogP contribution in [0.1, 0.15) is 41.7 Å². The fourth-order valence-corrected chi connectivity index (χ4v) is 3.19. The fourth-order valence-electron chi connectivity index (χ4n) is 2.88. The van der Waals surface area contributed by atoms with Crippen LogP contribution in [0.5, 0.6) is 0 Å². The van der Waals surface area contributed by atoms with E-state index in [1.54, 1.807) is 18.3 Å². The fraction of sp³-hybridized carbons (Fsp3) is 0.312. The number of benzene rings is 1. The molecule has 2 aromatic rings. The lowest BCUT2D eigenvalue weighted by Crippen LogP contribution is -2.18. The molecular formula is C16H15Cl2NO. The van der Waals surface area contributed by atoms with Gasteiger partial charge in [0.05, 0.1) is 16.1 Å². The van der Waals surface area contributed by atoms with E-state index in [2.05, 4.69) is 11.1 Å². The molecule has 1 aliphatic rings. The van der Waals surface area contributed by atoms with Gasteiger partial charge >= 0.3 is 0 Å². The van der Waals surface area contributed by atoms with Crippen molar-refractivity contribution in [2.45, 2.75) is 31.3 Å². The van der Waals surface area contributed by atoms with Gasteiger partial charge in [-0.1, -0.05) is 35.3 Å². The van der Waals surface area contributed by atoms with Gasteiger partial charge in [-0.2, -0.15) is 0 Å². The Bertz CT molecular complexity index is 630. The highest BCUT2D eigenvalue weighted by atomic mass is 35.5. The number of pyridine rings is 1. The van der Waals surface area contributed by atoms with Crippen LogP contribution in [0.15, 0.2) is 36.5 Å². The molecule has 0 aliphatic heterocycles. The van der Waals surface area contributed by atoms with Crippen molar-refractivity contribution in [3.05, 3.63) is 63.4 Å². The lowest BCUT2D eigenvalue weighted by atomic mass is 9.81. The van der Waals surface area contributed by atoms with Crippen LogP contribution in [0.2, 0.25) is 10.0 Å². The van der Waals surface area contributed by atoms with Gasteiger partial charge in [0.25, 0.3) is 0 Å². The third-order valence-electron chi connectivity index (χ3n) is 3.90. The van der Waals surface area contributed by atoms with E-state index in [0.29, 0.717) is 10.0 Å². The largest absolute Gasteiger partial charge is 0.388 e. The van der Waals surface area contributed by atoms with Crippen molar-refractivity contribution in [1.29, 1.82) is 0 Å². The van der Waals surface area contributed by atoms with Crippen molar-refractivity contribution in [3.8, 4) is 0 Å². The van der Waals surface area contributed by atoms with Gasteiger partial charge in [0.2, 0.25) is 0 Å². The summed E-state index contributed by atoms with van der Waals surface area (Å²) in [5.41, 5.74) is 3.04. The summed E-state index contributed by atoms with van der Waals surface area (Å²) in [7, 11) is 0. The van der Waals surface area contributed by atoms with E-state index in [9.17, 15) is 5.11 Å². The van der Waals surface area contributed by atoms with Crippen molar-refractivity contribution in [2.75, 3.05) is 0 Å². The van der Waals surface area contributed by atoms with Gasteiger partial charge in [-0.15, -0.1) is 0 Å². The first kappa shape index (κ1) is 13.9. The number of aromatic nitrogens is 1. The second-order valence-corrected chi connectivity index (χ2v) is 5.98. The summed E-state index contributed by atoms with van der Waals surface area (Å²) < 4.78 is 0. The minimum absolute atomic E-state index is 0.0252. The van der Waals surface area contributed by atoms with E-state index in [0.717, 1.165) is 30.5 Å². The maximum Gasteiger partial charge on any atom is 0.0874 e. The normalized spacial score (nSPS) is 19.4. The van der Waals surface area contributed by atoms with Crippen LogP contribution >= 0.6 is 23.2 Å². The highest BCUT2D eigenvalue weighted by molar-refractivity contribution is 6.42. The minimum Gasteiger partial charge on any atom is -0.388 e. The smallest absolute Gasteiger partial charge is 0.0874 e. The van der Waals surface area contributed by atoms with Gasteiger partial charge in [0, 0.05) is 17.8 Å². The summed E-state index contributed by atoms with van der Waals surface area (Å²) >= 11 is 12.0. The summed E-state index contributed by atoms with van der Waals surface area (Å²) in [6.45, 7) is 0. The average Bonchev–Trinajstić information content (AvgIpc) is 2.49. The number of nitrogens with zero attached hydrogens (tertiary/aromatic N) is 1. The summed E-state index contributed by atoms with van der Waals surface area (Å²) in [6, 6.07) is 9.34. The highest BCUT2D eigenvalue weighted by Gasteiger charge is 2.28. The SMILES string of the molecule is OC(c1ccc(Cl)c(Cl)c1)C1CCCc2cccnc21. The lowest BCUT2D eigenvalue weighted by Gasteiger charge is -2.28. The monoisotopic (exact) mass is 307 g/mol. The molecule has 1 heterocycles. The van der Waals surface area contributed by atoms with E-state index in [1.807, 2.05) is 12.1 Å². The molecule has 0 fully saturated rings. The van der Waals surface area contributed by atoms with Crippen molar-refractivity contribution in [1.82, 2.24) is 4.98 Å². The minimum atomic E-state index is -0.598. The summed E-state index contributed by atoms with van der Waals surface area (Å²) in [6.07, 6.45) is 4.23. The number of aryl methyl sites for hydroxylation is 1. The molecule has 4 heteroatoms. The third-order valence-corrected chi connectivity index (χ3v) is 4.64. The maximum atomic E-state index is 10.7. The maximum absolute atomic E-state index is 10.7. The Morgan fingerprint density at radius 2 is 2.05 bits per heavy atom. The molecule has 0 spiro atoms. The molecule has 104 valence electrons. The van der Waals surface area contributed by atoms with Gasteiger partial charge in [-0.25, -0.2) is 0 Å². The van der Waals surface area contributed by atoms with Gasteiger partial charge in [-0.3, -0.25) is 4.98 Å². The molecule has 2 unspecified atom stereocenters. The Morgan fingerprint density at radius 1 is 1.20 bits per heavy atom. The van der Waals surface area contributed by atoms with Gasteiger partial charge in [-0.05, 0) is 48.6 Å². The Morgan fingerprint density at radius 3 is 2.85 bits per heavy atom. The molecule has 0 amide bonds. The predicted molar refractivity (Wildman–Crippen MR) is 81.3 cm³/mol. The number of aliphatic hydroxyl groups is 1. The molecule has 2 nitrogen and oxygen atoms in total. The first-order valence-corrected chi connectivity index (χ1v) is 7.49. The van der Waals surface area contributed by atoms with Crippen molar-refractivity contribution < 1.29 is 5.11 Å². The van der Waals surface area contributed by atoms with Crippen LogP contribution in [-0.4, -0.2) is 10.1 Å². The van der Waals surface area contributed by atoms with Crippen molar-refractivity contribution in [2.24, 2.45) is 0 Å². The van der Waals surface area contributed by atoms with Crippen LogP contribution in [0, 0.1) is 0 Å². The Kier molecular flexibility index (Phi) is 3.97. The summed E-state index contributed by atoms with van der Waals surface area (Å²) in [5.74, 6) is 0.0252. The molecule has 0 radical (unpaired) electrons. The molecule has 1 aliphatic carbocycles. The topological polar surface area (TPSA) is 33.1 Å². The molecule has 1 N–H and O–H groups in total. The van der Waals surface area contributed by atoms with Crippen molar-refractivity contribution in [3.63, 3.8) is 0 Å². The van der Waals surface area contributed by atoms with Crippen molar-refractivity contribution >= 4 is 23.2 Å². The first-order chi connectivity index (χ1) is 9.66. The summed E-state index contributed by atoms with van der Waals surface area (Å²) in [5, 5.41) is 11.6. The zero-order chi connectivity index (χ0) is 14.1. The quantitative estimate of drug-likeness (QED) is 0.883. The third kappa shape index (κ3) is 2.56. The van der Waals surface area contributed by atoms with Crippen LogP contribution in [-0.2, 0) is 6.42 Å². The summed E-state index contributed by atoms with van der Waals surface area (Å²) in [4.78, 5) is 4.47. The second-order valence-electron chi connectivity index (χ2n) is 5.16. The van der Waals surface area contributed by atoms with E-state index < -0.39 is 6.10 Å². The molecule has 1 aromatic carbocycles. The highest BCUT2D eigenvalue weighted by Crippen LogP contribution is 2.40. The van der Waals surface area contributed by atoms with Gasteiger partial charge < -0.3 is 5.11 Å². The first-order valence-electron chi connectivity index (χ1n) is 6.73. The Labute approximate surface area is 128 Å². The van der Waals surface area contributed by atoms with E-state index in [4.69, 9.17) is 23.2 Å². The second kappa shape index (κ2) is 5.72. The van der Waals surface area contributed by atoms with E-state index in [1.165, 1.54) is 5.56 Å². The molecular weight excluding hydrogens is 293 g/mol. The Hall–Kier alpha value is -1.09. The van der Waals surface area contributed by atoms with Crippen LogP contribution in [0.25, 0.3) is 0 Å². The van der Waals surface area contributed by atoms with Gasteiger partial charge in [0.1, 0.15) is 0 Å². The molecule has 20 heavy (non-hydrogen) atoms. The van der Waals surface area contributed by atoms with Crippen LogP contribution in [0.3, 0.4) is 0 Å². The standard InChI is InChI=1S/C16H15Cl2NO/c17-13-7-6-11(9-14(13)18)16(20)12-5-1-3-10-4-2-8-19-15(10)12/h2,4,6-9,12,16,20H,1,3,5H2. The molecule has 1 aromatic heterocycles. The van der Waals surface area contributed by atoms with Gasteiger partial charge in [0.15, 0.2) is 0 Å². The molecule has 2 atom stereocenters. The molecule has 0 saturated heterocycles. The molecule has 0 saturated carbocycles. The number of rotatable bonds is 2. The average molecular weight is 308 g/mol. The zero-order valence-electron chi connectivity index (χ0n) is 10.9. The molecule has 0 bridgehead atoms. The number of aliphatic hydroxyl groups excluding tert-OH is 1. The van der Waals surface area contributed by atoms with E-state index >= 15 is 0 Å². The number of halogens is 2. The zero-order valence-corrected chi connectivity index (χ0v) is 12.4. The van der Waals surface area contributed by atoms with E-state index in [-0.39, 0.29) is 5.92 Å². The molecule has 3 rings (SSSR count). The number of fused-ring (bicyclic) bond motifs is 1. The lowest BCUT2D eigenvalue weighted by molar-refractivity contribution is 0.134. The van der Waals surface area contributed by atoms with Crippen LogP contribution in [0.4, 0.5) is 0 Å².